The van der Waals surface area contributed by atoms with Crippen LogP contribution in [0.25, 0.3) is 0 Å². The molecule has 1 aromatic carbocycles. The van der Waals surface area contributed by atoms with E-state index < -0.39 is 17.1 Å². The summed E-state index contributed by atoms with van der Waals surface area (Å²) < 4.78 is 4.93. The SMILES string of the molecule is C[C@H](Sc1ccccc1)C(=O)OCC(=O)NCC(=O)N(C)C. The van der Waals surface area contributed by atoms with E-state index in [4.69, 9.17) is 4.74 Å². The van der Waals surface area contributed by atoms with E-state index in [-0.39, 0.29) is 19.1 Å². The Morgan fingerprint density at radius 1 is 1.23 bits per heavy atom. The molecule has 0 unspecified atom stereocenters. The van der Waals surface area contributed by atoms with Crippen LogP contribution in [0.4, 0.5) is 0 Å². The molecular formula is C15H20N2O4S. The standard InChI is InChI=1S/C15H20N2O4S/c1-11(22-12-7-5-4-6-8-12)15(20)21-10-13(18)16-9-14(19)17(2)3/h4-8,11H,9-10H2,1-3H3,(H,16,18)/t11-/m0/s1. The van der Waals surface area contributed by atoms with Crippen LogP contribution in [-0.2, 0) is 19.1 Å². The average molecular weight is 324 g/mol. The second kappa shape index (κ2) is 9.09. The molecule has 0 aromatic heterocycles. The monoisotopic (exact) mass is 324 g/mol. The van der Waals surface area contributed by atoms with E-state index >= 15 is 0 Å². The van der Waals surface area contributed by atoms with Crippen LogP contribution < -0.4 is 5.32 Å². The molecule has 0 aliphatic heterocycles. The number of benzene rings is 1. The van der Waals surface area contributed by atoms with E-state index in [2.05, 4.69) is 5.32 Å². The fourth-order valence-electron chi connectivity index (χ4n) is 1.39. The summed E-state index contributed by atoms with van der Waals surface area (Å²) in [4.78, 5) is 36.9. The van der Waals surface area contributed by atoms with Gasteiger partial charge in [0, 0.05) is 19.0 Å². The van der Waals surface area contributed by atoms with Gasteiger partial charge >= 0.3 is 5.97 Å². The van der Waals surface area contributed by atoms with Crippen LogP contribution >= 0.6 is 11.8 Å². The number of thioether (sulfide) groups is 1. The van der Waals surface area contributed by atoms with Crippen molar-refractivity contribution in [1.29, 1.82) is 0 Å². The van der Waals surface area contributed by atoms with Crippen molar-refractivity contribution in [2.45, 2.75) is 17.1 Å². The van der Waals surface area contributed by atoms with Gasteiger partial charge in [-0.25, -0.2) is 0 Å². The lowest BCUT2D eigenvalue weighted by atomic mass is 10.4. The maximum Gasteiger partial charge on any atom is 0.319 e. The predicted octanol–water partition coefficient (Wildman–Crippen LogP) is 0.915. The molecule has 0 heterocycles. The van der Waals surface area contributed by atoms with Gasteiger partial charge in [0.25, 0.3) is 5.91 Å². The molecule has 1 rings (SSSR count). The molecule has 1 atom stereocenters. The highest BCUT2D eigenvalue weighted by atomic mass is 32.2. The third kappa shape index (κ3) is 6.62. The van der Waals surface area contributed by atoms with Gasteiger partial charge in [-0.05, 0) is 19.1 Å². The molecule has 120 valence electrons. The zero-order chi connectivity index (χ0) is 16.5. The second-order valence-corrected chi connectivity index (χ2v) is 6.16. The summed E-state index contributed by atoms with van der Waals surface area (Å²) in [5.41, 5.74) is 0. The first kappa shape index (κ1) is 18.0. The molecule has 0 radical (unpaired) electrons. The number of esters is 1. The summed E-state index contributed by atoms with van der Waals surface area (Å²) in [6.07, 6.45) is 0. The van der Waals surface area contributed by atoms with Crippen molar-refractivity contribution in [2.24, 2.45) is 0 Å². The van der Waals surface area contributed by atoms with Gasteiger partial charge in [0.15, 0.2) is 6.61 Å². The molecule has 0 fully saturated rings. The molecule has 1 aromatic rings. The van der Waals surface area contributed by atoms with Crippen LogP contribution in [0.5, 0.6) is 0 Å². The Labute approximate surface area is 134 Å². The topological polar surface area (TPSA) is 75.7 Å². The molecule has 0 bridgehead atoms. The van der Waals surface area contributed by atoms with Gasteiger partial charge in [0.05, 0.1) is 6.54 Å². The number of hydrogen-bond acceptors (Lipinski definition) is 5. The third-order valence-electron chi connectivity index (χ3n) is 2.67. The van der Waals surface area contributed by atoms with Gasteiger partial charge in [-0.3, -0.25) is 14.4 Å². The van der Waals surface area contributed by atoms with E-state index in [1.54, 1.807) is 21.0 Å². The van der Waals surface area contributed by atoms with Crippen molar-refractivity contribution in [3.05, 3.63) is 30.3 Å². The normalized spacial score (nSPS) is 11.4. The van der Waals surface area contributed by atoms with Crippen LogP contribution in [0.3, 0.4) is 0 Å². The quantitative estimate of drug-likeness (QED) is 0.596. The van der Waals surface area contributed by atoms with E-state index in [0.717, 1.165) is 4.90 Å². The van der Waals surface area contributed by atoms with Crippen LogP contribution in [0, 0.1) is 0 Å². The van der Waals surface area contributed by atoms with E-state index in [1.807, 2.05) is 30.3 Å². The minimum atomic E-state index is -0.500. The highest BCUT2D eigenvalue weighted by molar-refractivity contribution is 8.00. The maximum atomic E-state index is 11.8. The Balaban J connectivity index is 2.30. The lowest BCUT2D eigenvalue weighted by molar-refractivity contribution is -0.147. The fourth-order valence-corrected chi connectivity index (χ4v) is 2.28. The summed E-state index contributed by atoms with van der Waals surface area (Å²) in [7, 11) is 3.19. The zero-order valence-electron chi connectivity index (χ0n) is 12.9. The Kier molecular flexibility index (Phi) is 7.45. The number of rotatable bonds is 7. The number of likely N-dealkylation sites (N-methyl/N-ethyl adjacent to an activating group) is 1. The van der Waals surface area contributed by atoms with Gasteiger partial charge in [0.1, 0.15) is 5.25 Å². The predicted molar refractivity (Wildman–Crippen MR) is 84.4 cm³/mol. The molecular weight excluding hydrogens is 304 g/mol. The van der Waals surface area contributed by atoms with E-state index in [9.17, 15) is 14.4 Å². The van der Waals surface area contributed by atoms with Crippen molar-refractivity contribution < 1.29 is 19.1 Å². The highest BCUT2D eigenvalue weighted by Crippen LogP contribution is 2.23. The van der Waals surface area contributed by atoms with Crippen LogP contribution in [0.2, 0.25) is 0 Å². The van der Waals surface area contributed by atoms with Gasteiger partial charge in [-0.2, -0.15) is 0 Å². The zero-order valence-corrected chi connectivity index (χ0v) is 13.7. The Morgan fingerprint density at radius 2 is 1.86 bits per heavy atom. The number of ether oxygens (including phenoxy) is 1. The Bertz CT molecular complexity index is 520. The van der Waals surface area contributed by atoms with Crippen LogP contribution in [-0.4, -0.2) is 55.2 Å². The summed E-state index contributed by atoms with van der Waals surface area (Å²) in [6.45, 7) is 1.21. The minimum Gasteiger partial charge on any atom is -0.455 e. The summed E-state index contributed by atoms with van der Waals surface area (Å²) in [5.74, 6) is -1.20. The number of carbonyl (C=O) groups excluding carboxylic acids is 3. The van der Waals surface area contributed by atoms with Crippen molar-refractivity contribution in [3.8, 4) is 0 Å². The molecule has 6 nitrogen and oxygen atoms in total. The fraction of sp³-hybridized carbons (Fsp3) is 0.400. The number of nitrogens with one attached hydrogen (secondary N) is 1. The van der Waals surface area contributed by atoms with Crippen molar-refractivity contribution >= 4 is 29.5 Å². The highest BCUT2D eigenvalue weighted by Gasteiger charge is 2.17. The smallest absolute Gasteiger partial charge is 0.319 e. The second-order valence-electron chi connectivity index (χ2n) is 4.75. The number of carbonyl (C=O) groups is 3. The first-order valence-corrected chi connectivity index (χ1v) is 7.63. The molecule has 22 heavy (non-hydrogen) atoms. The van der Waals surface area contributed by atoms with Crippen molar-refractivity contribution in [1.82, 2.24) is 10.2 Å². The first-order valence-electron chi connectivity index (χ1n) is 6.75. The summed E-state index contributed by atoms with van der Waals surface area (Å²) in [5, 5.41) is 1.98. The first-order chi connectivity index (χ1) is 10.4. The van der Waals surface area contributed by atoms with Crippen LogP contribution in [0.15, 0.2) is 35.2 Å². The lowest BCUT2D eigenvalue weighted by Crippen LogP contribution is -2.38. The lowest BCUT2D eigenvalue weighted by Gasteiger charge is -2.12. The van der Waals surface area contributed by atoms with E-state index in [1.165, 1.54) is 16.7 Å². The van der Waals surface area contributed by atoms with E-state index in [0.29, 0.717) is 0 Å². The van der Waals surface area contributed by atoms with Crippen molar-refractivity contribution in [3.63, 3.8) is 0 Å². The largest absolute Gasteiger partial charge is 0.455 e. The number of nitrogens with zero attached hydrogens (tertiary/aromatic N) is 1. The minimum absolute atomic E-state index is 0.113. The Hall–Kier alpha value is -2.02. The van der Waals surface area contributed by atoms with Gasteiger partial charge in [-0.1, -0.05) is 18.2 Å². The molecule has 0 saturated heterocycles. The average Bonchev–Trinajstić information content (AvgIpc) is 2.50. The molecule has 7 heteroatoms. The van der Waals surface area contributed by atoms with Crippen LogP contribution in [0.1, 0.15) is 6.92 Å². The number of amides is 2. The third-order valence-corrected chi connectivity index (χ3v) is 3.76. The maximum absolute atomic E-state index is 11.8. The molecule has 0 spiro atoms. The summed E-state index contributed by atoms with van der Waals surface area (Å²) >= 11 is 1.36. The van der Waals surface area contributed by atoms with Gasteiger partial charge in [0.2, 0.25) is 5.91 Å². The molecule has 2 amide bonds. The van der Waals surface area contributed by atoms with Gasteiger partial charge in [-0.15, -0.1) is 11.8 Å². The molecule has 1 N–H and O–H groups in total. The van der Waals surface area contributed by atoms with Crippen molar-refractivity contribution in [2.75, 3.05) is 27.2 Å². The molecule has 0 aliphatic carbocycles. The summed E-state index contributed by atoms with van der Waals surface area (Å²) in [6, 6.07) is 9.46. The number of hydrogen-bond donors (Lipinski definition) is 1. The molecule has 0 aliphatic rings. The molecule has 0 saturated carbocycles. The van der Waals surface area contributed by atoms with Gasteiger partial charge < -0.3 is 15.0 Å². The Morgan fingerprint density at radius 3 is 2.45 bits per heavy atom.